The Balaban J connectivity index is 1.67. The average molecular weight is 377 g/mol. The number of rotatable bonds is 6. The maximum absolute atomic E-state index is 13.3. The molecule has 1 aliphatic rings. The quantitative estimate of drug-likeness (QED) is 0.680. The van der Waals surface area contributed by atoms with Gasteiger partial charge in [-0.2, -0.15) is 5.10 Å². The van der Waals surface area contributed by atoms with E-state index in [1.807, 2.05) is 37.3 Å². The van der Waals surface area contributed by atoms with Crippen molar-refractivity contribution in [3.8, 4) is 0 Å². The van der Waals surface area contributed by atoms with Crippen molar-refractivity contribution >= 4 is 22.5 Å². The lowest BCUT2D eigenvalue weighted by molar-refractivity contribution is -0.122. The van der Waals surface area contributed by atoms with E-state index in [9.17, 15) is 4.79 Å². The molecule has 5 nitrogen and oxygen atoms in total. The van der Waals surface area contributed by atoms with Gasteiger partial charge in [-0.3, -0.25) is 9.78 Å². The molecule has 5 heteroatoms. The molecular weight excluding hydrogens is 348 g/mol. The second kappa shape index (κ2) is 8.13. The molecule has 1 saturated carbocycles. The van der Waals surface area contributed by atoms with E-state index in [4.69, 9.17) is 10.8 Å². The van der Waals surface area contributed by atoms with Crippen LogP contribution in [0.25, 0.3) is 10.9 Å². The number of nitrogens with two attached hydrogens (primary N) is 1. The highest BCUT2D eigenvalue weighted by Gasteiger charge is 2.28. The zero-order valence-electron chi connectivity index (χ0n) is 16.5. The van der Waals surface area contributed by atoms with Crippen molar-refractivity contribution in [2.75, 3.05) is 5.73 Å². The number of benzene rings is 1. The third-order valence-electron chi connectivity index (χ3n) is 5.92. The summed E-state index contributed by atoms with van der Waals surface area (Å²) in [5.74, 6) is 1.29. The van der Waals surface area contributed by atoms with Crippen LogP contribution in [0.1, 0.15) is 55.8 Å². The van der Waals surface area contributed by atoms with Gasteiger partial charge in [0.2, 0.25) is 0 Å². The number of Topliss-reactive ketones (excluding diaryl/α,β-unsaturated/α-hetero) is 1. The summed E-state index contributed by atoms with van der Waals surface area (Å²) in [6, 6.07) is 11.4. The number of ketones is 1. The maximum atomic E-state index is 13.3. The van der Waals surface area contributed by atoms with Crippen LogP contribution in [0.4, 0.5) is 5.82 Å². The lowest BCUT2D eigenvalue weighted by Crippen LogP contribution is -2.27. The van der Waals surface area contributed by atoms with Crippen LogP contribution < -0.4 is 5.73 Å². The van der Waals surface area contributed by atoms with Gasteiger partial charge in [-0.1, -0.05) is 49.8 Å². The number of aryl methyl sites for hydroxylation is 1. The second-order valence-corrected chi connectivity index (χ2v) is 8.07. The van der Waals surface area contributed by atoms with Crippen molar-refractivity contribution in [2.45, 2.75) is 57.9 Å². The first-order valence-electron chi connectivity index (χ1n) is 10.3. The number of anilines is 1. The first-order chi connectivity index (χ1) is 13.6. The molecule has 0 aliphatic heterocycles. The molecule has 28 heavy (non-hydrogen) atoms. The van der Waals surface area contributed by atoms with Gasteiger partial charge >= 0.3 is 0 Å². The van der Waals surface area contributed by atoms with E-state index >= 15 is 0 Å². The van der Waals surface area contributed by atoms with E-state index in [1.54, 1.807) is 10.9 Å². The minimum atomic E-state index is -0.335. The third-order valence-corrected chi connectivity index (χ3v) is 5.92. The summed E-state index contributed by atoms with van der Waals surface area (Å²) in [4.78, 5) is 17.7. The maximum Gasteiger partial charge on any atom is 0.163 e. The second-order valence-electron chi connectivity index (χ2n) is 8.07. The van der Waals surface area contributed by atoms with Crippen molar-refractivity contribution in [1.29, 1.82) is 0 Å². The third kappa shape index (κ3) is 3.93. The number of fused-ring (bicyclic) bond motifs is 1. The monoisotopic (exact) mass is 376 g/mol. The summed E-state index contributed by atoms with van der Waals surface area (Å²) in [6.07, 6.45) is 9.04. The van der Waals surface area contributed by atoms with Crippen molar-refractivity contribution in [3.05, 3.63) is 53.9 Å². The van der Waals surface area contributed by atoms with Gasteiger partial charge in [0.15, 0.2) is 5.78 Å². The van der Waals surface area contributed by atoms with Crippen molar-refractivity contribution < 1.29 is 4.79 Å². The topological polar surface area (TPSA) is 73.8 Å². The molecule has 0 bridgehead atoms. The van der Waals surface area contributed by atoms with Gasteiger partial charge < -0.3 is 5.73 Å². The number of hydrogen-bond donors (Lipinski definition) is 1. The Morgan fingerprint density at radius 2 is 2.04 bits per heavy atom. The summed E-state index contributed by atoms with van der Waals surface area (Å²) in [5.41, 5.74) is 9.27. The summed E-state index contributed by atoms with van der Waals surface area (Å²) in [7, 11) is 0. The van der Waals surface area contributed by atoms with Crippen molar-refractivity contribution in [3.63, 3.8) is 0 Å². The predicted molar refractivity (Wildman–Crippen MR) is 112 cm³/mol. The molecule has 146 valence electrons. The molecule has 1 aromatic carbocycles. The fourth-order valence-corrected chi connectivity index (χ4v) is 4.38. The Morgan fingerprint density at radius 1 is 1.21 bits per heavy atom. The smallest absolute Gasteiger partial charge is 0.163 e. The average Bonchev–Trinajstić information content (AvgIpc) is 3.03. The summed E-state index contributed by atoms with van der Waals surface area (Å²) >= 11 is 0. The van der Waals surface area contributed by atoms with Gasteiger partial charge in [-0.05, 0) is 43.5 Å². The standard InChI is InChI=1S/C23H28N4O/c1-16-10-11-20-19(13-16)23(24)27(26-20)21(14-17-7-3-2-4-8-17)22(28)15-18-9-5-6-12-25-18/h5-6,9-13,17,21H,2-4,7-8,14-15,24H2,1H3. The molecule has 0 radical (unpaired) electrons. The first-order valence-corrected chi connectivity index (χ1v) is 10.3. The number of pyridine rings is 1. The van der Waals surface area contributed by atoms with Gasteiger partial charge in [-0.25, -0.2) is 4.68 Å². The predicted octanol–water partition coefficient (Wildman–Crippen LogP) is 4.65. The number of aromatic nitrogens is 3. The minimum Gasteiger partial charge on any atom is -0.383 e. The minimum absolute atomic E-state index is 0.139. The highest BCUT2D eigenvalue weighted by molar-refractivity contribution is 5.91. The molecule has 4 rings (SSSR count). The van der Waals surface area contributed by atoms with Gasteiger partial charge in [0, 0.05) is 17.3 Å². The lowest BCUT2D eigenvalue weighted by atomic mass is 9.83. The van der Waals surface area contributed by atoms with Crippen LogP contribution in [0.2, 0.25) is 0 Å². The Kier molecular flexibility index (Phi) is 5.42. The van der Waals surface area contributed by atoms with Crippen LogP contribution in [0.15, 0.2) is 42.6 Å². The fraction of sp³-hybridized carbons (Fsp3) is 0.435. The Bertz CT molecular complexity index is 957. The molecule has 3 aromatic rings. The molecule has 1 aliphatic carbocycles. The van der Waals surface area contributed by atoms with Gasteiger partial charge in [0.05, 0.1) is 11.9 Å². The molecule has 1 fully saturated rings. The highest BCUT2D eigenvalue weighted by atomic mass is 16.1. The number of hydrogen-bond acceptors (Lipinski definition) is 4. The molecule has 1 atom stereocenters. The van der Waals surface area contributed by atoms with E-state index in [-0.39, 0.29) is 11.8 Å². The lowest BCUT2D eigenvalue weighted by Gasteiger charge is -2.26. The molecule has 2 heterocycles. The van der Waals surface area contributed by atoms with Crippen molar-refractivity contribution in [1.82, 2.24) is 14.8 Å². The largest absolute Gasteiger partial charge is 0.383 e. The molecule has 2 N–H and O–H groups in total. The number of nitrogen functional groups attached to an aromatic ring is 1. The van der Waals surface area contributed by atoms with E-state index in [0.29, 0.717) is 18.2 Å². The Morgan fingerprint density at radius 3 is 2.79 bits per heavy atom. The van der Waals surface area contributed by atoms with Crippen LogP contribution in [0.3, 0.4) is 0 Å². The Labute approximate surface area is 166 Å². The zero-order chi connectivity index (χ0) is 19.5. The molecular formula is C23H28N4O. The number of carbonyl (C=O) groups is 1. The normalized spacial score (nSPS) is 16.3. The molecule has 2 aromatic heterocycles. The number of nitrogens with zero attached hydrogens (tertiary/aromatic N) is 3. The summed E-state index contributed by atoms with van der Waals surface area (Å²) in [5, 5.41) is 5.66. The van der Waals surface area contributed by atoms with Gasteiger partial charge in [0.25, 0.3) is 0 Å². The van der Waals surface area contributed by atoms with E-state index in [2.05, 4.69) is 11.1 Å². The van der Waals surface area contributed by atoms with E-state index < -0.39 is 0 Å². The van der Waals surface area contributed by atoms with Gasteiger partial charge in [-0.15, -0.1) is 0 Å². The SMILES string of the molecule is Cc1ccc2nn(C(CC3CCCCC3)C(=O)Cc3ccccn3)c(N)c2c1. The Hall–Kier alpha value is -2.69. The molecule has 0 saturated heterocycles. The van der Waals surface area contributed by atoms with Crippen LogP contribution >= 0.6 is 0 Å². The zero-order valence-corrected chi connectivity index (χ0v) is 16.5. The summed E-state index contributed by atoms with van der Waals surface area (Å²) < 4.78 is 1.78. The number of carbonyl (C=O) groups excluding carboxylic acids is 1. The molecule has 1 unspecified atom stereocenters. The van der Waals surface area contributed by atoms with E-state index in [1.165, 1.54) is 32.1 Å². The highest BCUT2D eigenvalue weighted by Crippen LogP contribution is 2.34. The van der Waals surface area contributed by atoms with Crippen LogP contribution in [-0.2, 0) is 11.2 Å². The first kappa shape index (κ1) is 18.7. The van der Waals surface area contributed by atoms with Crippen LogP contribution in [-0.4, -0.2) is 20.5 Å². The molecule has 0 spiro atoms. The van der Waals surface area contributed by atoms with E-state index in [0.717, 1.165) is 28.6 Å². The van der Waals surface area contributed by atoms with Crippen LogP contribution in [0, 0.1) is 12.8 Å². The van der Waals surface area contributed by atoms with Crippen LogP contribution in [0.5, 0.6) is 0 Å². The summed E-state index contributed by atoms with van der Waals surface area (Å²) in [6.45, 7) is 2.04. The van der Waals surface area contributed by atoms with Gasteiger partial charge in [0.1, 0.15) is 11.9 Å². The molecule has 0 amide bonds. The fourth-order valence-electron chi connectivity index (χ4n) is 4.38. The van der Waals surface area contributed by atoms with Crippen molar-refractivity contribution in [2.24, 2.45) is 5.92 Å².